The number of aromatic nitrogens is 2. The summed E-state index contributed by atoms with van der Waals surface area (Å²) in [7, 11) is 0. The number of aromatic amines is 1. The Morgan fingerprint density at radius 3 is 2.55 bits per heavy atom. The number of rotatable bonds is 2. The number of piperidine rings is 1. The van der Waals surface area contributed by atoms with Crippen LogP contribution in [0.1, 0.15) is 26.1 Å². The van der Waals surface area contributed by atoms with Crippen molar-refractivity contribution in [1.29, 1.82) is 0 Å². The van der Waals surface area contributed by atoms with E-state index < -0.39 is 11.6 Å². The molecule has 1 fully saturated rings. The molecule has 0 amide bonds. The second kappa shape index (κ2) is 5.13. The van der Waals surface area contributed by atoms with Crippen molar-refractivity contribution in [1.82, 2.24) is 14.9 Å². The van der Waals surface area contributed by atoms with E-state index in [9.17, 15) is 8.78 Å². The molecule has 3 rings (SSSR count). The lowest BCUT2D eigenvalue weighted by molar-refractivity contribution is 0.132. The van der Waals surface area contributed by atoms with Crippen molar-refractivity contribution in [3.63, 3.8) is 0 Å². The lowest BCUT2D eigenvalue weighted by Gasteiger charge is -2.34. The van der Waals surface area contributed by atoms with Gasteiger partial charge in [0, 0.05) is 25.2 Å². The third-order valence-corrected chi connectivity index (χ3v) is 3.89. The summed E-state index contributed by atoms with van der Waals surface area (Å²) in [4.78, 5) is 9.79. The number of benzene rings is 1. The summed E-state index contributed by atoms with van der Waals surface area (Å²) in [5.41, 5.74) is 1.04. The predicted molar refractivity (Wildman–Crippen MR) is 74.2 cm³/mol. The van der Waals surface area contributed by atoms with Gasteiger partial charge in [-0.15, -0.1) is 0 Å². The number of hydrogen-bond acceptors (Lipinski definition) is 2. The molecule has 108 valence electrons. The Labute approximate surface area is 117 Å². The Morgan fingerprint density at radius 1 is 1.20 bits per heavy atom. The summed E-state index contributed by atoms with van der Waals surface area (Å²) in [5, 5.41) is 0. The fraction of sp³-hybridized carbons (Fsp3) is 0.533. The topological polar surface area (TPSA) is 31.9 Å². The van der Waals surface area contributed by atoms with Crippen molar-refractivity contribution in [3.8, 4) is 0 Å². The monoisotopic (exact) mass is 279 g/mol. The Hall–Kier alpha value is -1.49. The van der Waals surface area contributed by atoms with E-state index in [1.165, 1.54) is 12.5 Å². The van der Waals surface area contributed by atoms with Crippen molar-refractivity contribution in [2.45, 2.75) is 26.8 Å². The zero-order valence-electron chi connectivity index (χ0n) is 11.8. The van der Waals surface area contributed by atoms with Gasteiger partial charge in [0.1, 0.15) is 5.82 Å². The lowest BCUT2D eigenvalue weighted by atomic mass is 9.92. The average Bonchev–Trinajstić information content (AvgIpc) is 2.69. The summed E-state index contributed by atoms with van der Waals surface area (Å²) in [6.45, 7) is 7.30. The molecule has 1 N–H and O–H groups in total. The number of nitrogens with one attached hydrogen (secondary N) is 1. The Kier molecular flexibility index (Phi) is 3.46. The fourth-order valence-electron chi connectivity index (χ4n) is 3.27. The molecule has 1 aliphatic heterocycles. The van der Waals surface area contributed by atoms with Crippen LogP contribution in [0.5, 0.6) is 0 Å². The van der Waals surface area contributed by atoms with Gasteiger partial charge in [-0.05, 0) is 18.3 Å². The van der Waals surface area contributed by atoms with Crippen LogP contribution in [0.3, 0.4) is 0 Å². The molecule has 20 heavy (non-hydrogen) atoms. The zero-order valence-corrected chi connectivity index (χ0v) is 11.8. The van der Waals surface area contributed by atoms with Gasteiger partial charge < -0.3 is 4.98 Å². The minimum atomic E-state index is -0.851. The first-order valence-corrected chi connectivity index (χ1v) is 7.07. The van der Waals surface area contributed by atoms with Crippen molar-refractivity contribution >= 4 is 11.0 Å². The highest BCUT2D eigenvalue weighted by molar-refractivity contribution is 5.75. The van der Waals surface area contributed by atoms with E-state index in [2.05, 4.69) is 28.7 Å². The van der Waals surface area contributed by atoms with Crippen molar-refractivity contribution in [2.24, 2.45) is 11.8 Å². The summed E-state index contributed by atoms with van der Waals surface area (Å²) >= 11 is 0. The molecule has 0 radical (unpaired) electrons. The normalized spacial score (nSPS) is 24.4. The maximum atomic E-state index is 13.2. The zero-order chi connectivity index (χ0) is 14.3. The van der Waals surface area contributed by atoms with E-state index in [1.54, 1.807) is 0 Å². The van der Waals surface area contributed by atoms with Crippen LogP contribution in [-0.4, -0.2) is 28.0 Å². The Balaban J connectivity index is 1.80. The van der Waals surface area contributed by atoms with Gasteiger partial charge in [0.25, 0.3) is 0 Å². The number of imidazole rings is 1. The number of hydrogen-bond donors (Lipinski definition) is 1. The van der Waals surface area contributed by atoms with Gasteiger partial charge in [-0.3, -0.25) is 4.90 Å². The number of likely N-dealkylation sites (tertiary alicyclic amines) is 1. The van der Waals surface area contributed by atoms with Gasteiger partial charge in [0.15, 0.2) is 11.6 Å². The minimum absolute atomic E-state index is 0.483. The molecule has 2 unspecified atom stereocenters. The number of nitrogens with zero attached hydrogens (tertiary/aromatic N) is 2. The van der Waals surface area contributed by atoms with Gasteiger partial charge in [-0.1, -0.05) is 13.8 Å². The van der Waals surface area contributed by atoms with E-state index in [1.807, 2.05) is 0 Å². The number of fused-ring (bicyclic) bond motifs is 1. The van der Waals surface area contributed by atoms with Crippen LogP contribution in [0.15, 0.2) is 12.1 Å². The quantitative estimate of drug-likeness (QED) is 0.914. The number of H-pyrrole nitrogens is 1. The van der Waals surface area contributed by atoms with Crippen LogP contribution in [0, 0.1) is 23.5 Å². The molecule has 1 aromatic heterocycles. The van der Waals surface area contributed by atoms with Gasteiger partial charge in [-0.2, -0.15) is 0 Å². The van der Waals surface area contributed by atoms with E-state index >= 15 is 0 Å². The summed E-state index contributed by atoms with van der Waals surface area (Å²) in [6.07, 6.45) is 1.26. The first kappa shape index (κ1) is 13.5. The highest BCUT2D eigenvalue weighted by Crippen LogP contribution is 2.23. The fourth-order valence-corrected chi connectivity index (χ4v) is 3.27. The van der Waals surface area contributed by atoms with Gasteiger partial charge in [-0.25, -0.2) is 13.8 Å². The van der Waals surface area contributed by atoms with Gasteiger partial charge in [0.2, 0.25) is 0 Å². The Bertz CT molecular complexity index is 574. The molecule has 0 bridgehead atoms. The van der Waals surface area contributed by atoms with Crippen LogP contribution in [0.2, 0.25) is 0 Å². The maximum Gasteiger partial charge on any atom is 0.161 e. The van der Waals surface area contributed by atoms with Crippen LogP contribution in [-0.2, 0) is 6.54 Å². The molecule has 1 aromatic carbocycles. The summed E-state index contributed by atoms with van der Waals surface area (Å²) in [5.74, 6) is 0.436. The van der Waals surface area contributed by atoms with E-state index in [4.69, 9.17) is 0 Å². The van der Waals surface area contributed by atoms with Gasteiger partial charge in [0.05, 0.1) is 17.6 Å². The average molecular weight is 279 g/mol. The minimum Gasteiger partial charge on any atom is -0.341 e. The second-order valence-electron chi connectivity index (χ2n) is 6.11. The molecule has 5 heteroatoms. The second-order valence-corrected chi connectivity index (χ2v) is 6.11. The molecule has 2 atom stereocenters. The molecule has 1 saturated heterocycles. The van der Waals surface area contributed by atoms with Crippen LogP contribution in [0.4, 0.5) is 8.78 Å². The molecule has 0 saturated carbocycles. The SMILES string of the molecule is CC1CC(C)CN(Cc2nc3cc(F)c(F)cc3[nH]2)C1. The van der Waals surface area contributed by atoms with Crippen LogP contribution >= 0.6 is 0 Å². The molecule has 1 aliphatic rings. The third-order valence-electron chi connectivity index (χ3n) is 3.89. The summed E-state index contributed by atoms with van der Waals surface area (Å²) < 4.78 is 26.4. The van der Waals surface area contributed by atoms with Crippen LogP contribution in [0.25, 0.3) is 11.0 Å². The molecular weight excluding hydrogens is 260 g/mol. The first-order chi connectivity index (χ1) is 9.51. The molecule has 3 nitrogen and oxygen atoms in total. The lowest BCUT2D eigenvalue weighted by Crippen LogP contribution is -2.38. The molecule has 0 aliphatic carbocycles. The standard InChI is InChI=1S/C15H19F2N3/c1-9-3-10(2)7-20(6-9)8-15-18-13-4-11(16)12(17)5-14(13)19-15/h4-5,9-10H,3,6-8H2,1-2H3,(H,18,19). The predicted octanol–water partition coefficient (Wildman–Crippen LogP) is 3.32. The van der Waals surface area contributed by atoms with Crippen molar-refractivity contribution in [2.75, 3.05) is 13.1 Å². The van der Waals surface area contributed by atoms with Crippen molar-refractivity contribution < 1.29 is 8.78 Å². The van der Waals surface area contributed by atoms with Crippen molar-refractivity contribution in [3.05, 3.63) is 29.6 Å². The van der Waals surface area contributed by atoms with E-state index in [0.717, 1.165) is 25.0 Å². The highest BCUT2D eigenvalue weighted by atomic mass is 19.2. The summed E-state index contributed by atoms with van der Waals surface area (Å²) in [6, 6.07) is 2.31. The molecule has 0 spiro atoms. The largest absolute Gasteiger partial charge is 0.341 e. The van der Waals surface area contributed by atoms with Crippen LogP contribution < -0.4 is 0 Å². The maximum absolute atomic E-state index is 13.2. The third kappa shape index (κ3) is 2.68. The van der Waals surface area contributed by atoms with E-state index in [-0.39, 0.29) is 0 Å². The van der Waals surface area contributed by atoms with E-state index in [0.29, 0.717) is 29.4 Å². The highest BCUT2D eigenvalue weighted by Gasteiger charge is 2.22. The number of halogens is 2. The molecule has 2 aromatic rings. The smallest absolute Gasteiger partial charge is 0.161 e. The Morgan fingerprint density at radius 2 is 1.85 bits per heavy atom. The molecular formula is C15H19F2N3. The molecule has 2 heterocycles. The first-order valence-electron chi connectivity index (χ1n) is 7.07. The van der Waals surface area contributed by atoms with Gasteiger partial charge >= 0.3 is 0 Å².